The number of rotatable bonds is 8. The maximum atomic E-state index is 13.0. The standard InChI is InChI=1S/C24H29N5O5S2/c1-15-7-8-16(2)22(13-15)29(35(6,31)32)19(5)23(30)27-20-9-11-21(12-10-20)36(33,34)28-24-25-17(3)14-18(4)26-24/h7-14,19H,1-6H3,(H,27,30)(H,25,26,28)/t19-/m1/s1. The van der Waals surface area contributed by atoms with Crippen molar-refractivity contribution in [3.05, 3.63) is 71.0 Å². The molecule has 0 spiro atoms. The molecule has 2 aromatic carbocycles. The summed E-state index contributed by atoms with van der Waals surface area (Å²) in [6.45, 7) is 8.57. The zero-order valence-corrected chi connectivity index (χ0v) is 22.5. The highest BCUT2D eigenvalue weighted by Crippen LogP contribution is 2.27. The van der Waals surface area contributed by atoms with E-state index in [1.54, 1.807) is 39.0 Å². The van der Waals surface area contributed by atoms with Gasteiger partial charge in [0.15, 0.2) is 0 Å². The fourth-order valence-electron chi connectivity index (χ4n) is 3.65. The van der Waals surface area contributed by atoms with Gasteiger partial charge in [0.1, 0.15) is 6.04 Å². The summed E-state index contributed by atoms with van der Waals surface area (Å²) in [6, 6.07) is 11.5. The van der Waals surface area contributed by atoms with Gasteiger partial charge in [0.2, 0.25) is 21.9 Å². The number of sulfonamides is 2. The minimum Gasteiger partial charge on any atom is -0.324 e. The molecule has 0 aliphatic heterocycles. The molecule has 0 aliphatic rings. The summed E-state index contributed by atoms with van der Waals surface area (Å²) in [5, 5.41) is 2.66. The molecular weight excluding hydrogens is 502 g/mol. The average Bonchev–Trinajstić information content (AvgIpc) is 2.74. The van der Waals surface area contributed by atoms with Gasteiger partial charge in [-0.1, -0.05) is 12.1 Å². The number of aromatic nitrogens is 2. The third-order valence-corrected chi connectivity index (χ3v) is 7.90. The third-order valence-electron chi connectivity index (χ3n) is 5.33. The second-order valence-corrected chi connectivity index (χ2v) is 12.2. The van der Waals surface area contributed by atoms with Gasteiger partial charge in [-0.2, -0.15) is 0 Å². The van der Waals surface area contributed by atoms with Crippen LogP contribution in [0.25, 0.3) is 0 Å². The summed E-state index contributed by atoms with van der Waals surface area (Å²) >= 11 is 0. The number of hydrogen-bond acceptors (Lipinski definition) is 7. The molecule has 2 N–H and O–H groups in total. The lowest BCUT2D eigenvalue weighted by atomic mass is 10.1. The Morgan fingerprint density at radius 2 is 1.47 bits per heavy atom. The molecule has 192 valence electrons. The molecular formula is C24H29N5O5S2. The first-order valence-corrected chi connectivity index (χ1v) is 14.3. The molecule has 0 bridgehead atoms. The highest BCUT2D eigenvalue weighted by molar-refractivity contribution is 7.92. The Labute approximate surface area is 211 Å². The SMILES string of the molecule is Cc1ccc(C)c(N([C@H](C)C(=O)Nc2ccc(S(=O)(=O)Nc3nc(C)cc(C)n3)cc2)S(C)(=O)=O)c1. The summed E-state index contributed by atoms with van der Waals surface area (Å²) in [7, 11) is -7.74. The highest BCUT2D eigenvalue weighted by atomic mass is 32.2. The molecule has 1 atom stereocenters. The first-order chi connectivity index (χ1) is 16.7. The summed E-state index contributed by atoms with van der Waals surface area (Å²) < 4.78 is 54.1. The molecule has 0 unspecified atom stereocenters. The predicted octanol–water partition coefficient (Wildman–Crippen LogP) is 3.30. The van der Waals surface area contributed by atoms with Crippen LogP contribution in [0.4, 0.5) is 17.3 Å². The normalized spacial score (nSPS) is 12.6. The molecule has 1 heterocycles. The van der Waals surface area contributed by atoms with E-state index in [0.717, 1.165) is 16.1 Å². The van der Waals surface area contributed by atoms with Crippen LogP contribution in [0.2, 0.25) is 0 Å². The van der Waals surface area contributed by atoms with Gasteiger partial charge in [0, 0.05) is 17.1 Å². The number of carbonyl (C=O) groups is 1. The predicted molar refractivity (Wildman–Crippen MR) is 140 cm³/mol. The molecule has 0 aliphatic carbocycles. The van der Waals surface area contributed by atoms with Gasteiger partial charge in [-0.3, -0.25) is 9.10 Å². The van der Waals surface area contributed by atoms with Crippen molar-refractivity contribution in [3.63, 3.8) is 0 Å². The summed E-state index contributed by atoms with van der Waals surface area (Å²) in [5.74, 6) is -0.607. The first-order valence-electron chi connectivity index (χ1n) is 11.0. The highest BCUT2D eigenvalue weighted by Gasteiger charge is 2.30. The van der Waals surface area contributed by atoms with Crippen molar-refractivity contribution in [2.75, 3.05) is 20.6 Å². The van der Waals surface area contributed by atoms with Crippen molar-refractivity contribution in [2.45, 2.75) is 45.6 Å². The van der Waals surface area contributed by atoms with E-state index in [-0.39, 0.29) is 10.8 Å². The van der Waals surface area contributed by atoms with E-state index in [0.29, 0.717) is 28.3 Å². The fourth-order valence-corrected chi connectivity index (χ4v) is 5.82. The Bertz CT molecular complexity index is 1480. The van der Waals surface area contributed by atoms with Crippen LogP contribution in [0.15, 0.2) is 53.4 Å². The van der Waals surface area contributed by atoms with Crippen molar-refractivity contribution >= 4 is 43.3 Å². The van der Waals surface area contributed by atoms with Crippen LogP contribution in [-0.2, 0) is 24.8 Å². The average molecular weight is 532 g/mol. The van der Waals surface area contributed by atoms with Crippen LogP contribution in [-0.4, -0.2) is 45.0 Å². The Balaban J connectivity index is 1.80. The van der Waals surface area contributed by atoms with Gasteiger partial charge in [0.05, 0.1) is 16.8 Å². The van der Waals surface area contributed by atoms with Crippen molar-refractivity contribution in [1.82, 2.24) is 9.97 Å². The second kappa shape index (κ2) is 10.2. The van der Waals surface area contributed by atoms with Gasteiger partial charge in [0.25, 0.3) is 10.0 Å². The van der Waals surface area contributed by atoms with Gasteiger partial charge < -0.3 is 5.32 Å². The van der Waals surface area contributed by atoms with Crippen molar-refractivity contribution in [2.24, 2.45) is 0 Å². The fraction of sp³-hybridized carbons (Fsp3) is 0.292. The molecule has 0 saturated carbocycles. The number of aryl methyl sites for hydroxylation is 4. The zero-order chi connectivity index (χ0) is 26.8. The maximum Gasteiger partial charge on any atom is 0.264 e. The van der Waals surface area contributed by atoms with Gasteiger partial charge in [-0.25, -0.2) is 31.5 Å². The van der Waals surface area contributed by atoms with E-state index < -0.39 is 32.0 Å². The zero-order valence-electron chi connectivity index (χ0n) is 20.9. The van der Waals surface area contributed by atoms with Gasteiger partial charge in [-0.15, -0.1) is 0 Å². The Morgan fingerprint density at radius 3 is 2.03 bits per heavy atom. The lowest BCUT2D eigenvalue weighted by Crippen LogP contribution is -2.45. The number of hydrogen-bond donors (Lipinski definition) is 2. The number of benzene rings is 2. The van der Waals surface area contributed by atoms with Crippen LogP contribution in [0.5, 0.6) is 0 Å². The number of nitrogens with one attached hydrogen (secondary N) is 2. The minimum atomic E-state index is -3.96. The van der Waals surface area contributed by atoms with Crippen LogP contribution in [0, 0.1) is 27.7 Å². The van der Waals surface area contributed by atoms with E-state index in [9.17, 15) is 21.6 Å². The molecule has 3 rings (SSSR count). The van der Waals surface area contributed by atoms with E-state index in [1.165, 1.54) is 31.2 Å². The summed E-state index contributed by atoms with van der Waals surface area (Å²) in [5.41, 5.74) is 3.53. The Kier molecular flexibility index (Phi) is 7.70. The molecule has 1 amide bonds. The Hall–Kier alpha value is -3.51. The molecule has 3 aromatic rings. The van der Waals surface area contributed by atoms with Crippen LogP contribution >= 0.6 is 0 Å². The van der Waals surface area contributed by atoms with E-state index in [1.807, 2.05) is 13.0 Å². The van der Waals surface area contributed by atoms with E-state index in [4.69, 9.17) is 0 Å². The first kappa shape index (κ1) is 27.1. The topological polar surface area (TPSA) is 138 Å². The number of nitrogens with zero attached hydrogens (tertiary/aromatic N) is 3. The van der Waals surface area contributed by atoms with Crippen LogP contribution < -0.4 is 14.3 Å². The van der Waals surface area contributed by atoms with Gasteiger partial charge >= 0.3 is 0 Å². The van der Waals surface area contributed by atoms with Crippen molar-refractivity contribution in [3.8, 4) is 0 Å². The second-order valence-electron chi connectivity index (χ2n) is 8.62. The molecule has 0 fully saturated rings. The lowest BCUT2D eigenvalue weighted by molar-refractivity contribution is -0.116. The third kappa shape index (κ3) is 6.38. The molecule has 12 heteroatoms. The number of amides is 1. The number of carbonyl (C=O) groups excluding carboxylic acids is 1. The van der Waals surface area contributed by atoms with E-state index >= 15 is 0 Å². The lowest BCUT2D eigenvalue weighted by Gasteiger charge is -2.29. The van der Waals surface area contributed by atoms with Gasteiger partial charge in [-0.05, 0) is 82.1 Å². The van der Waals surface area contributed by atoms with Crippen molar-refractivity contribution in [1.29, 1.82) is 0 Å². The largest absolute Gasteiger partial charge is 0.324 e. The van der Waals surface area contributed by atoms with Crippen LogP contribution in [0.1, 0.15) is 29.4 Å². The summed E-state index contributed by atoms with van der Waals surface area (Å²) in [6.07, 6.45) is 1.05. The Morgan fingerprint density at radius 1 is 0.889 bits per heavy atom. The van der Waals surface area contributed by atoms with Crippen molar-refractivity contribution < 1.29 is 21.6 Å². The van der Waals surface area contributed by atoms with E-state index in [2.05, 4.69) is 20.0 Å². The van der Waals surface area contributed by atoms with Crippen LogP contribution in [0.3, 0.4) is 0 Å². The molecule has 0 saturated heterocycles. The molecule has 0 radical (unpaired) electrons. The minimum absolute atomic E-state index is 0.0361. The number of anilines is 3. The quantitative estimate of drug-likeness (QED) is 0.455. The molecule has 10 nitrogen and oxygen atoms in total. The molecule has 36 heavy (non-hydrogen) atoms. The smallest absolute Gasteiger partial charge is 0.264 e. The maximum absolute atomic E-state index is 13.0. The summed E-state index contributed by atoms with van der Waals surface area (Å²) in [4.78, 5) is 21.1. The monoisotopic (exact) mass is 531 g/mol. The molecule has 1 aromatic heterocycles.